The molecule has 0 aromatic heterocycles. The predicted molar refractivity (Wildman–Crippen MR) is 45.7 cm³/mol. The zero-order chi connectivity index (χ0) is 9.84. The van der Waals surface area contributed by atoms with Gasteiger partial charge >= 0.3 is 5.97 Å². The quantitative estimate of drug-likeness (QED) is 0.579. The number of carboxylic acid groups (broad SMARTS) is 1. The van der Waals surface area contributed by atoms with Crippen LogP contribution in [0.1, 0.15) is 12.8 Å². The molecular weight excluding hydrogens is 172 g/mol. The third-order valence-corrected chi connectivity index (χ3v) is 2.04. The fourth-order valence-corrected chi connectivity index (χ4v) is 1.23. The summed E-state index contributed by atoms with van der Waals surface area (Å²) in [4.78, 5) is 23.0. The van der Waals surface area contributed by atoms with Gasteiger partial charge in [-0.15, -0.1) is 0 Å². The molecule has 0 aromatic rings. The number of carbonyl (C=O) groups is 2. The molecule has 1 aliphatic heterocycles. The van der Waals surface area contributed by atoms with Crippen LogP contribution in [-0.4, -0.2) is 34.5 Å². The first-order chi connectivity index (χ1) is 6.16. The molecule has 1 saturated heterocycles. The number of nitrogens with two attached hydrogens (primary N) is 1. The van der Waals surface area contributed by atoms with Crippen LogP contribution in [0.3, 0.4) is 0 Å². The van der Waals surface area contributed by atoms with E-state index >= 15 is 0 Å². The van der Waals surface area contributed by atoms with Crippen LogP contribution in [0.5, 0.6) is 0 Å². The Labute approximate surface area is 75.8 Å². The molecule has 3 N–H and O–H groups in total. The Hall–Kier alpha value is -1.52. The minimum absolute atomic E-state index is 0.0992. The zero-order valence-electron chi connectivity index (χ0n) is 7.14. The van der Waals surface area contributed by atoms with Crippen molar-refractivity contribution in [3.63, 3.8) is 0 Å². The summed E-state index contributed by atoms with van der Waals surface area (Å²) in [6.07, 6.45) is 3.57. The minimum atomic E-state index is -0.980. The lowest BCUT2D eigenvalue weighted by Crippen LogP contribution is -2.52. The van der Waals surface area contributed by atoms with Crippen molar-refractivity contribution < 1.29 is 14.7 Å². The standard InChI is InChI=1S/C8H12N2O3/c9-4-1-2-6(8(12)13)10-5-3-7(10)11/h1,4,6H,2-3,5,9H2,(H,12,13)/t6-/m0/s1. The number of rotatable bonds is 4. The number of hydrogen-bond acceptors (Lipinski definition) is 3. The molecule has 1 amide bonds. The molecule has 0 unspecified atom stereocenters. The summed E-state index contributed by atoms with van der Waals surface area (Å²) in [5, 5.41) is 8.78. The predicted octanol–water partition coefficient (Wildman–Crippen LogP) is -0.466. The van der Waals surface area contributed by atoms with Gasteiger partial charge in [-0.25, -0.2) is 4.79 Å². The average Bonchev–Trinajstić information content (AvgIpc) is 2.08. The Balaban J connectivity index is 2.56. The molecule has 5 nitrogen and oxygen atoms in total. The SMILES string of the molecule is NC=CC[C@@H](C(=O)O)N1CCC1=O. The van der Waals surface area contributed by atoms with Gasteiger partial charge in [-0.05, 0) is 12.6 Å². The summed E-state index contributed by atoms with van der Waals surface area (Å²) in [7, 11) is 0. The Bertz CT molecular complexity index is 250. The maximum Gasteiger partial charge on any atom is 0.326 e. The number of aliphatic carboxylic acids is 1. The topological polar surface area (TPSA) is 83.6 Å². The molecule has 0 radical (unpaired) electrons. The summed E-state index contributed by atoms with van der Waals surface area (Å²) in [6.45, 7) is 0.536. The van der Waals surface area contributed by atoms with E-state index in [-0.39, 0.29) is 12.3 Å². The van der Waals surface area contributed by atoms with E-state index in [0.29, 0.717) is 13.0 Å². The number of nitrogens with zero attached hydrogens (tertiary/aromatic N) is 1. The summed E-state index contributed by atoms with van der Waals surface area (Å²) in [5.74, 6) is -1.08. The molecule has 0 spiro atoms. The summed E-state index contributed by atoms with van der Waals surface area (Å²) < 4.78 is 0. The van der Waals surface area contributed by atoms with E-state index in [1.165, 1.54) is 11.1 Å². The number of likely N-dealkylation sites (tertiary alicyclic amines) is 1. The van der Waals surface area contributed by atoms with Crippen molar-refractivity contribution >= 4 is 11.9 Å². The molecule has 1 aliphatic rings. The first-order valence-corrected chi connectivity index (χ1v) is 4.06. The van der Waals surface area contributed by atoms with E-state index in [9.17, 15) is 9.59 Å². The van der Waals surface area contributed by atoms with Gasteiger partial charge < -0.3 is 15.7 Å². The van der Waals surface area contributed by atoms with Crippen molar-refractivity contribution in [1.29, 1.82) is 0 Å². The highest BCUT2D eigenvalue weighted by Crippen LogP contribution is 2.16. The van der Waals surface area contributed by atoms with E-state index in [1.807, 2.05) is 0 Å². The van der Waals surface area contributed by atoms with E-state index in [1.54, 1.807) is 6.08 Å². The van der Waals surface area contributed by atoms with E-state index in [4.69, 9.17) is 10.8 Å². The fraction of sp³-hybridized carbons (Fsp3) is 0.500. The highest BCUT2D eigenvalue weighted by atomic mass is 16.4. The van der Waals surface area contributed by atoms with E-state index < -0.39 is 12.0 Å². The Morgan fingerprint density at radius 3 is 2.77 bits per heavy atom. The van der Waals surface area contributed by atoms with Crippen LogP contribution < -0.4 is 5.73 Å². The van der Waals surface area contributed by atoms with Gasteiger partial charge in [0.1, 0.15) is 6.04 Å². The molecule has 72 valence electrons. The maximum atomic E-state index is 10.9. The van der Waals surface area contributed by atoms with Crippen LogP contribution in [0.4, 0.5) is 0 Å². The molecule has 13 heavy (non-hydrogen) atoms. The highest BCUT2D eigenvalue weighted by molar-refractivity contribution is 5.87. The second kappa shape index (κ2) is 3.93. The van der Waals surface area contributed by atoms with Crippen molar-refractivity contribution in [3.8, 4) is 0 Å². The lowest BCUT2D eigenvalue weighted by Gasteiger charge is -2.35. The molecule has 5 heteroatoms. The first kappa shape index (κ1) is 9.57. The molecule has 1 rings (SSSR count). The Morgan fingerprint density at radius 1 is 1.77 bits per heavy atom. The monoisotopic (exact) mass is 184 g/mol. The average molecular weight is 184 g/mol. The molecule has 1 atom stereocenters. The van der Waals surface area contributed by atoms with Gasteiger partial charge in [0.25, 0.3) is 0 Å². The summed E-state index contributed by atoms with van der Waals surface area (Å²) in [5.41, 5.74) is 5.09. The lowest BCUT2D eigenvalue weighted by molar-refractivity contribution is -0.156. The first-order valence-electron chi connectivity index (χ1n) is 4.06. The lowest BCUT2D eigenvalue weighted by atomic mass is 10.1. The van der Waals surface area contributed by atoms with Crippen LogP contribution >= 0.6 is 0 Å². The van der Waals surface area contributed by atoms with Gasteiger partial charge in [0.2, 0.25) is 5.91 Å². The number of hydrogen-bond donors (Lipinski definition) is 2. The second-order valence-corrected chi connectivity index (χ2v) is 2.86. The van der Waals surface area contributed by atoms with Crippen LogP contribution in [0.15, 0.2) is 12.3 Å². The molecule has 0 aliphatic carbocycles. The Kier molecular flexibility index (Phi) is 2.89. The Morgan fingerprint density at radius 2 is 2.46 bits per heavy atom. The van der Waals surface area contributed by atoms with Gasteiger partial charge in [0, 0.05) is 13.0 Å². The number of carboxylic acids is 1. The third kappa shape index (κ3) is 1.99. The number of amides is 1. The second-order valence-electron chi connectivity index (χ2n) is 2.86. The van der Waals surface area contributed by atoms with E-state index in [0.717, 1.165) is 0 Å². The molecule has 1 fully saturated rings. The number of β-lactam (4-membered cyclic amide) rings is 1. The van der Waals surface area contributed by atoms with Gasteiger partial charge in [-0.1, -0.05) is 6.08 Å². The minimum Gasteiger partial charge on any atom is -0.480 e. The van der Waals surface area contributed by atoms with Gasteiger partial charge in [-0.3, -0.25) is 4.79 Å². The van der Waals surface area contributed by atoms with Crippen molar-refractivity contribution in [2.75, 3.05) is 6.54 Å². The van der Waals surface area contributed by atoms with Gasteiger partial charge in [-0.2, -0.15) is 0 Å². The summed E-state index contributed by atoms with van der Waals surface area (Å²) >= 11 is 0. The molecule has 0 aromatic carbocycles. The van der Waals surface area contributed by atoms with Crippen molar-refractivity contribution in [2.24, 2.45) is 5.73 Å². The van der Waals surface area contributed by atoms with Crippen molar-refractivity contribution in [3.05, 3.63) is 12.3 Å². The number of carbonyl (C=O) groups excluding carboxylic acids is 1. The van der Waals surface area contributed by atoms with Crippen LogP contribution in [0.25, 0.3) is 0 Å². The fourth-order valence-electron chi connectivity index (χ4n) is 1.23. The molecule has 0 bridgehead atoms. The highest BCUT2D eigenvalue weighted by Gasteiger charge is 2.34. The third-order valence-electron chi connectivity index (χ3n) is 2.04. The zero-order valence-corrected chi connectivity index (χ0v) is 7.14. The van der Waals surface area contributed by atoms with Gasteiger partial charge in [0.05, 0.1) is 0 Å². The van der Waals surface area contributed by atoms with Crippen molar-refractivity contribution in [1.82, 2.24) is 4.90 Å². The molecular formula is C8H12N2O3. The van der Waals surface area contributed by atoms with Crippen LogP contribution in [0, 0.1) is 0 Å². The van der Waals surface area contributed by atoms with Gasteiger partial charge in [0.15, 0.2) is 0 Å². The largest absolute Gasteiger partial charge is 0.480 e. The van der Waals surface area contributed by atoms with Crippen molar-refractivity contribution in [2.45, 2.75) is 18.9 Å². The summed E-state index contributed by atoms with van der Waals surface area (Å²) in [6, 6.07) is -0.749. The molecule has 1 heterocycles. The van der Waals surface area contributed by atoms with E-state index in [2.05, 4.69) is 0 Å². The molecule has 0 saturated carbocycles. The maximum absolute atomic E-state index is 10.9. The van der Waals surface area contributed by atoms with Crippen LogP contribution in [0.2, 0.25) is 0 Å². The normalized spacial score (nSPS) is 18.8. The van der Waals surface area contributed by atoms with Crippen LogP contribution in [-0.2, 0) is 9.59 Å². The smallest absolute Gasteiger partial charge is 0.326 e.